The van der Waals surface area contributed by atoms with Crippen LogP contribution in [0.15, 0.2) is 54.6 Å². The summed E-state index contributed by atoms with van der Waals surface area (Å²) in [7, 11) is 0. The molecule has 2 aromatic carbocycles. The van der Waals surface area contributed by atoms with Gasteiger partial charge in [0.1, 0.15) is 0 Å². The van der Waals surface area contributed by atoms with Gasteiger partial charge in [-0.1, -0.05) is 54.8 Å². The molecular formula is C24H27ClN2O2. The largest absolute Gasteiger partial charge is 0.340 e. The van der Waals surface area contributed by atoms with Crippen LogP contribution in [-0.4, -0.2) is 47.8 Å². The summed E-state index contributed by atoms with van der Waals surface area (Å²) >= 11 is 6.24. The van der Waals surface area contributed by atoms with Crippen LogP contribution < -0.4 is 0 Å². The van der Waals surface area contributed by atoms with Crippen molar-refractivity contribution >= 4 is 23.4 Å². The normalized spacial score (nSPS) is 19.1. The predicted octanol–water partition coefficient (Wildman–Crippen LogP) is 4.53. The third kappa shape index (κ3) is 4.04. The Morgan fingerprint density at radius 2 is 1.48 bits per heavy atom. The number of amides is 2. The van der Waals surface area contributed by atoms with Crippen LogP contribution in [0.3, 0.4) is 0 Å². The monoisotopic (exact) mass is 410 g/mol. The van der Waals surface area contributed by atoms with Gasteiger partial charge < -0.3 is 9.80 Å². The number of halogens is 1. The molecule has 2 aliphatic rings. The lowest BCUT2D eigenvalue weighted by atomic mass is 9.77. The summed E-state index contributed by atoms with van der Waals surface area (Å²) in [4.78, 5) is 30.4. The molecule has 0 unspecified atom stereocenters. The highest BCUT2D eigenvalue weighted by atomic mass is 35.5. The second kappa shape index (κ2) is 8.58. The maximum absolute atomic E-state index is 13.7. The summed E-state index contributed by atoms with van der Waals surface area (Å²) < 4.78 is 0. The highest BCUT2D eigenvalue weighted by Crippen LogP contribution is 2.43. The fourth-order valence-electron chi connectivity index (χ4n) is 4.78. The van der Waals surface area contributed by atoms with E-state index < -0.39 is 5.41 Å². The van der Waals surface area contributed by atoms with E-state index >= 15 is 0 Å². The van der Waals surface area contributed by atoms with Crippen molar-refractivity contribution in [2.24, 2.45) is 0 Å². The summed E-state index contributed by atoms with van der Waals surface area (Å²) in [5, 5.41) is 0.678. The van der Waals surface area contributed by atoms with Crippen molar-refractivity contribution in [3.63, 3.8) is 0 Å². The molecule has 0 aromatic heterocycles. The SMILES string of the molecule is O=C(c1ccccc1)N1CCCN(C(=O)C2(c3cccc(Cl)c3)CCCC2)CC1. The lowest BCUT2D eigenvalue weighted by Crippen LogP contribution is -2.47. The molecule has 29 heavy (non-hydrogen) atoms. The average Bonchev–Trinajstić information content (AvgIpc) is 3.13. The molecule has 4 rings (SSSR count). The number of carbonyl (C=O) groups is 2. The van der Waals surface area contributed by atoms with E-state index in [1.807, 2.05) is 64.4 Å². The Hall–Kier alpha value is -2.33. The molecule has 152 valence electrons. The molecule has 0 bridgehead atoms. The Morgan fingerprint density at radius 1 is 0.793 bits per heavy atom. The van der Waals surface area contributed by atoms with E-state index in [0.29, 0.717) is 36.8 Å². The number of hydrogen-bond donors (Lipinski definition) is 0. The molecule has 0 spiro atoms. The zero-order valence-electron chi connectivity index (χ0n) is 16.6. The van der Waals surface area contributed by atoms with Crippen molar-refractivity contribution < 1.29 is 9.59 Å². The zero-order valence-corrected chi connectivity index (χ0v) is 17.4. The van der Waals surface area contributed by atoms with Crippen molar-refractivity contribution in [3.05, 3.63) is 70.7 Å². The quantitative estimate of drug-likeness (QED) is 0.746. The Kier molecular flexibility index (Phi) is 5.91. The molecular weight excluding hydrogens is 384 g/mol. The highest BCUT2D eigenvalue weighted by molar-refractivity contribution is 6.30. The zero-order chi connectivity index (χ0) is 20.3. The predicted molar refractivity (Wildman–Crippen MR) is 115 cm³/mol. The van der Waals surface area contributed by atoms with E-state index in [1.54, 1.807) is 0 Å². The van der Waals surface area contributed by atoms with Gasteiger partial charge in [-0.25, -0.2) is 0 Å². The number of hydrogen-bond acceptors (Lipinski definition) is 2. The lowest BCUT2D eigenvalue weighted by molar-refractivity contribution is -0.137. The van der Waals surface area contributed by atoms with Crippen LogP contribution >= 0.6 is 11.6 Å². The van der Waals surface area contributed by atoms with Gasteiger partial charge in [-0.3, -0.25) is 9.59 Å². The Morgan fingerprint density at radius 3 is 2.21 bits per heavy atom. The maximum Gasteiger partial charge on any atom is 0.253 e. The van der Waals surface area contributed by atoms with Gasteiger partial charge in [0.25, 0.3) is 5.91 Å². The van der Waals surface area contributed by atoms with Gasteiger partial charge in [0.05, 0.1) is 5.41 Å². The van der Waals surface area contributed by atoms with E-state index in [1.165, 1.54) is 0 Å². The molecule has 1 saturated heterocycles. The van der Waals surface area contributed by atoms with Gasteiger partial charge in [0, 0.05) is 36.8 Å². The number of rotatable bonds is 3. The minimum atomic E-state index is -0.469. The van der Waals surface area contributed by atoms with Crippen LogP contribution in [0.1, 0.15) is 48.0 Å². The van der Waals surface area contributed by atoms with Gasteiger partial charge in [-0.05, 0) is 49.1 Å². The van der Waals surface area contributed by atoms with Gasteiger partial charge in [-0.15, -0.1) is 0 Å². The molecule has 2 fully saturated rings. The van der Waals surface area contributed by atoms with E-state index in [-0.39, 0.29) is 11.8 Å². The first-order valence-corrected chi connectivity index (χ1v) is 10.9. The van der Waals surface area contributed by atoms with Crippen molar-refractivity contribution in [1.29, 1.82) is 0 Å². The topological polar surface area (TPSA) is 40.6 Å². The number of benzene rings is 2. The summed E-state index contributed by atoms with van der Waals surface area (Å²) in [5.41, 5.74) is 1.27. The molecule has 1 aliphatic carbocycles. The van der Waals surface area contributed by atoms with Crippen molar-refractivity contribution in [2.75, 3.05) is 26.2 Å². The number of carbonyl (C=O) groups excluding carboxylic acids is 2. The summed E-state index contributed by atoms with van der Waals surface area (Å²) in [5.74, 6) is 0.247. The van der Waals surface area contributed by atoms with Crippen LogP contribution in [0.2, 0.25) is 5.02 Å². The van der Waals surface area contributed by atoms with E-state index in [9.17, 15) is 9.59 Å². The first kappa shape index (κ1) is 20.0. The fraction of sp³-hybridized carbons (Fsp3) is 0.417. The Labute approximate surface area is 177 Å². The van der Waals surface area contributed by atoms with Crippen molar-refractivity contribution in [1.82, 2.24) is 9.80 Å². The van der Waals surface area contributed by atoms with Gasteiger partial charge in [-0.2, -0.15) is 0 Å². The molecule has 1 saturated carbocycles. The molecule has 0 radical (unpaired) electrons. The van der Waals surface area contributed by atoms with Gasteiger partial charge in [0.2, 0.25) is 5.91 Å². The minimum absolute atomic E-state index is 0.0466. The minimum Gasteiger partial charge on any atom is -0.340 e. The van der Waals surface area contributed by atoms with E-state index in [2.05, 4.69) is 0 Å². The van der Waals surface area contributed by atoms with Crippen LogP contribution in [0.25, 0.3) is 0 Å². The third-order valence-corrected chi connectivity index (χ3v) is 6.57. The first-order valence-electron chi connectivity index (χ1n) is 10.5. The Bertz CT molecular complexity index is 877. The second-order valence-electron chi connectivity index (χ2n) is 8.10. The fourth-order valence-corrected chi connectivity index (χ4v) is 4.97. The van der Waals surface area contributed by atoms with Crippen molar-refractivity contribution in [3.8, 4) is 0 Å². The second-order valence-corrected chi connectivity index (χ2v) is 8.54. The molecule has 5 heteroatoms. The average molecular weight is 411 g/mol. The van der Waals surface area contributed by atoms with Crippen LogP contribution in [0.4, 0.5) is 0 Å². The van der Waals surface area contributed by atoms with Crippen molar-refractivity contribution in [2.45, 2.75) is 37.5 Å². The summed E-state index contributed by atoms with van der Waals surface area (Å²) in [6, 6.07) is 17.2. The molecule has 0 N–H and O–H groups in total. The molecule has 1 aliphatic heterocycles. The molecule has 1 heterocycles. The lowest BCUT2D eigenvalue weighted by Gasteiger charge is -2.34. The molecule has 4 nitrogen and oxygen atoms in total. The van der Waals surface area contributed by atoms with Crippen LogP contribution in [-0.2, 0) is 10.2 Å². The standard InChI is InChI=1S/C24H27ClN2O2/c25-21-11-6-10-20(18-21)24(12-4-5-13-24)23(29)27-15-7-14-26(16-17-27)22(28)19-8-2-1-3-9-19/h1-3,6,8-11,18H,4-5,7,12-17H2. The van der Waals surface area contributed by atoms with E-state index in [0.717, 1.165) is 37.7 Å². The molecule has 2 amide bonds. The summed E-state index contributed by atoms with van der Waals surface area (Å²) in [6.45, 7) is 2.53. The van der Waals surface area contributed by atoms with E-state index in [4.69, 9.17) is 11.6 Å². The maximum atomic E-state index is 13.7. The first-order chi connectivity index (χ1) is 14.1. The third-order valence-electron chi connectivity index (χ3n) is 6.33. The smallest absolute Gasteiger partial charge is 0.253 e. The number of nitrogens with zero attached hydrogens (tertiary/aromatic N) is 2. The van der Waals surface area contributed by atoms with Crippen LogP contribution in [0, 0.1) is 0 Å². The summed E-state index contributed by atoms with van der Waals surface area (Å²) in [6.07, 6.45) is 4.66. The Balaban J connectivity index is 1.51. The highest BCUT2D eigenvalue weighted by Gasteiger charge is 2.45. The van der Waals surface area contributed by atoms with Gasteiger partial charge >= 0.3 is 0 Å². The molecule has 0 atom stereocenters. The van der Waals surface area contributed by atoms with Gasteiger partial charge in [0.15, 0.2) is 0 Å². The van der Waals surface area contributed by atoms with Crippen LogP contribution in [0.5, 0.6) is 0 Å². The molecule has 2 aromatic rings.